The summed E-state index contributed by atoms with van der Waals surface area (Å²) in [5, 5.41) is 6.95. The van der Waals surface area contributed by atoms with Crippen molar-refractivity contribution < 1.29 is 14.3 Å². The number of carbonyl (C=O) groups is 1. The molecule has 0 aliphatic rings. The van der Waals surface area contributed by atoms with Gasteiger partial charge >= 0.3 is 6.03 Å². The van der Waals surface area contributed by atoms with Gasteiger partial charge in [0.15, 0.2) is 0 Å². The van der Waals surface area contributed by atoms with Crippen molar-refractivity contribution in [3.63, 3.8) is 0 Å². The fourth-order valence-corrected chi connectivity index (χ4v) is 3.37. The smallest absolute Gasteiger partial charge is 0.327 e. The Balaban J connectivity index is 1.87. The number of anilines is 3. The molecule has 2 amide bonds. The molecule has 0 aliphatic carbocycles. The van der Waals surface area contributed by atoms with Gasteiger partial charge in [-0.1, -0.05) is 29.3 Å². The maximum Gasteiger partial charge on any atom is 0.327 e. The average Bonchev–Trinajstić information content (AvgIpc) is 2.81. The van der Waals surface area contributed by atoms with E-state index >= 15 is 0 Å². The summed E-state index contributed by atoms with van der Waals surface area (Å²) in [6.45, 7) is 2.69. The van der Waals surface area contributed by atoms with Gasteiger partial charge in [0.05, 0.1) is 29.4 Å². The molecule has 0 radical (unpaired) electrons. The normalized spacial score (nSPS) is 11.5. The highest BCUT2D eigenvalue weighted by Crippen LogP contribution is 2.27. The number of amides is 2. The summed E-state index contributed by atoms with van der Waals surface area (Å²) in [6.07, 6.45) is 1.59. The number of methoxy groups -OCH3 is 2. The van der Waals surface area contributed by atoms with Gasteiger partial charge in [-0.15, -0.1) is 0 Å². The number of aromatic nitrogens is 2. The van der Waals surface area contributed by atoms with E-state index in [1.165, 1.54) is 4.90 Å². The third-order valence-electron chi connectivity index (χ3n) is 4.62. The second-order valence-electron chi connectivity index (χ2n) is 7.18. The standard InChI is InChI=1S/C23H25Cl2N5O3/c1-15(14-32-2)28-22-26-11-10-21(29-22)30(17-5-7-18(33-3)8-6-17)23(31)27-13-16-4-9-19(24)20(25)12-16/h4-12,15H,13-14H2,1-3H3,(H,27,31)(H,26,28,29)/t15-/m0/s1. The van der Waals surface area contributed by atoms with Crippen LogP contribution in [-0.2, 0) is 11.3 Å². The number of benzene rings is 2. The number of urea groups is 1. The summed E-state index contributed by atoms with van der Waals surface area (Å²) in [5.74, 6) is 1.45. The number of carbonyl (C=O) groups excluding carboxylic acids is 1. The highest BCUT2D eigenvalue weighted by atomic mass is 35.5. The van der Waals surface area contributed by atoms with Crippen molar-refractivity contribution in [3.05, 3.63) is 70.3 Å². The Kier molecular flexibility index (Phi) is 8.71. The van der Waals surface area contributed by atoms with E-state index in [-0.39, 0.29) is 18.6 Å². The van der Waals surface area contributed by atoms with Gasteiger partial charge in [0.25, 0.3) is 0 Å². The maximum atomic E-state index is 13.3. The number of nitrogens with zero attached hydrogens (tertiary/aromatic N) is 3. The van der Waals surface area contributed by atoms with Crippen LogP contribution in [0.3, 0.4) is 0 Å². The molecule has 0 bridgehead atoms. The van der Waals surface area contributed by atoms with Gasteiger partial charge in [0.2, 0.25) is 5.95 Å². The van der Waals surface area contributed by atoms with Gasteiger partial charge in [0.1, 0.15) is 11.6 Å². The predicted molar refractivity (Wildman–Crippen MR) is 131 cm³/mol. The fraction of sp³-hybridized carbons (Fsp3) is 0.261. The van der Waals surface area contributed by atoms with Crippen LogP contribution in [0.4, 0.5) is 22.2 Å². The molecule has 3 rings (SSSR count). The van der Waals surface area contributed by atoms with Crippen LogP contribution in [0.25, 0.3) is 0 Å². The lowest BCUT2D eigenvalue weighted by Gasteiger charge is -2.23. The summed E-state index contributed by atoms with van der Waals surface area (Å²) >= 11 is 12.1. The molecular formula is C23H25Cl2N5O3. The van der Waals surface area contributed by atoms with Crippen LogP contribution in [0.1, 0.15) is 12.5 Å². The Morgan fingerprint density at radius 3 is 2.52 bits per heavy atom. The molecule has 0 spiro atoms. The molecule has 1 heterocycles. The highest BCUT2D eigenvalue weighted by Gasteiger charge is 2.20. The molecule has 0 fully saturated rings. The average molecular weight is 490 g/mol. The lowest BCUT2D eigenvalue weighted by atomic mass is 10.2. The molecule has 0 saturated heterocycles. The highest BCUT2D eigenvalue weighted by molar-refractivity contribution is 6.42. The first-order chi connectivity index (χ1) is 15.9. The number of halogens is 2. The Morgan fingerprint density at radius 1 is 1.09 bits per heavy atom. The molecule has 10 heteroatoms. The van der Waals surface area contributed by atoms with E-state index in [2.05, 4.69) is 20.6 Å². The number of hydrogen-bond acceptors (Lipinski definition) is 6. The van der Waals surface area contributed by atoms with Crippen molar-refractivity contribution >= 4 is 46.7 Å². The van der Waals surface area contributed by atoms with Gasteiger partial charge in [-0.2, -0.15) is 4.98 Å². The molecule has 3 aromatic rings. The van der Waals surface area contributed by atoms with Gasteiger partial charge < -0.3 is 20.1 Å². The first kappa shape index (κ1) is 24.6. The van der Waals surface area contributed by atoms with Crippen LogP contribution in [0.2, 0.25) is 10.0 Å². The predicted octanol–water partition coefficient (Wildman–Crippen LogP) is 5.29. The second-order valence-corrected chi connectivity index (χ2v) is 7.99. The summed E-state index contributed by atoms with van der Waals surface area (Å²) in [7, 11) is 3.21. The van der Waals surface area contributed by atoms with Crippen molar-refractivity contribution in [2.24, 2.45) is 0 Å². The quantitative estimate of drug-likeness (QED) is 0.424. The molecule has 1 aromatic heterocycles. The monoisotopic (exact) mass is 489 g/mol. The van der Waals surface area contributed by atoms with Crippen molar-refractivity contribution in [1.82, 2.24) is 15.3 Å². The van der Waals surface area contributed by atoms with Crippen LogP contribution in [0, 0.1) is 0 Å². The zero-order valence-electron chi connectivity index (χ0n) is 18.5. The van der Waals surface area contributed by atoms with Crippen molar-refractivity contribution in [2.75, 3.05) is 31.0 Å². The summed E-state index contributed by atoms with van der Waals surface area (Å²) in [6, 6.07) is 13.6. The molecule has 174 valence electrons. The van der Waals surface area contributed by atoms with Crippen molar-refractivity contribution in [1.29, 1.82) is 0 Å². The molecule has 8 nitrogen and oxygen atoms in total. The molecule has 2 N–H and O–H groups in total. The zero-order chi connectivity index (χ0) is 23.8. The van der Waals surface area contributed by atoms with Crippen LogP contribution in [-0.4, -0.2) is 42.9 Å². The van der Waals surface area contributed by atoms with Crippen molar-refractivity contribution in [3.8, 4) is 5.75 Å². The summed E-state index contributed by atoms with van der Waals surface area (Å²) < 4.78 is 10.4. The molecule has 0 saturated carbocycles. The summed E-state index contributed by atoms with van der Waals surface area (Å²) in [5.41, 5.74) is 1.42. The van der Waals surface area contributed by atoms with E-state index in [0.29, 0.717) is 39.9 Å². The van der Waals surface area contributed by atoms with Gasteiger partial charge in [0, 0.05) is 32.0 Å². The van der Waals surface area contributed by atoms with Crippen LogP contribution in [0.5, 0.6) is 5.75 Å². The Labute approximate surface area is 202 Å². The van der Waals surface area contributed by atoms with E-state index in [1.807, 2.05) is 6.92 Å². The minimum atomic E-state index is -0.374. The Morgan fingerprint density at radius 2 is 1.85 bits per heavy atom. The first-order valence-corrected chi connectivity index (χ1v) is 10.9. The minimum Gasteiger partial charge on any atom is -0.497 e. The van der Waals surface area contributed by atoms with Crippen LogP contribution >= 0.6 is 23.2 Å². The molecule has 1 atom stereocenters. The number of rotatable bonds is 9. The molecule has 33 heavy (non-hydrogen) atoms. The largest absolute Gasteiger partial charge is 0.497 e. The number of hydrogen-bond donors (Lipinski definition) is 2. The Bertz CT molecular complexity index is 1080. The molecule has 2 aromatic carbocycles. The third-order valence-corrected chi connectivity index (χ3v) is 5.36. The van der Waals surface area contributed by atoms with Crippen LogP contribution in [0.15, 0.2) is 54.7 Å². The lowest BCUT2D eigenvalue weighted by molar-refractivity contribution is 0.190. The SMILES string of the molecule is COC[C@H](C)Nc1nccc(N(C(=O)NCc2ccc(Cl)c(Cl)c2)c2ccc(OC)cc2)n1. The van der Waals surface area contributed by atoms with Crippen LogP contribution < -0.4 is 20.3 Å². The molecule has 0 aliphatic heterocycles. The van der Waals surface area contributed by atoms with E-state index in [9.17, 15) is 4.79 Å². The topological polar surface area (TPSA) is 88.6 Å². The number of nitrogens with one attached hydrogen (secondary N) is 2. The Hall–Kier alpha value is -3.07. The first-order valence-electron chi connectivity index (χ1n) is 10.2. The molecular weight excluding hydrogens is 465 g/mol. The summed E-state index contributed by atoms with van der Waals surface area (Å²) in [4.78, 5) is 23.5. The van der Waals surface area contributed by atoms with E-state index in [0.717, 1.165) is 5.56 Å². The van der Waals surface area contributed by atoms with E-state index < -0.39 is 0 Å². The fourth-order valence-electron chi connectivity index (χ4n) is 3.05. The van der Waals surface area contributed by atoms with Crippen molar-refractivity contribution in [2.45, 2.75) is 19.5 Å². The lowest BCUT2D eigenvalue weighted by Crippen LogP contribution is -2.37. The third kappa shape index (κ3) is 6.71. The number of ether oxygens (including phenoxy) is 2. The second kappa shape index (κ2) is 11.7. The minimum absolute atomic E-state index is 0.0110. The zero-order valence-corrected chi connectivity index (χ0v) is 20.0. The van der Waals surface area contributed by atoms with Gasteiger partial charge in [-0.05, 0) is 48.9 Å². The van der Waals surface area contributed by atoms with Gasteiger partial charge in [-0.25, -0.2) is 14.7 Å². The van der Waals surface area contributed by atoms with Gasteiger partial charge in [-0.3, -0.25) is 0 Å². The van der Waals surface area contributed by atoms with E-state index in [4.69, 9.17) is 32.7 Å². The molecule has 0 unspecified atom stereocenters. The van der Waals surface area contributed by atoms with E-state index in [1.54, 1.807) is 68.9 Å². The maximum absolute atomic E-state index is 13.3.